The van der Waals surface area contributed by atoms with Gasteiger partial charge in [0.15, 0.2) is 0 Å². The summed E-state index contributed by atoms with van der Waals surface area (Å²) < 4.78 is 58.3. The van der Waals surface area contributed by atoms with Crippen molar-refractivity contribution in [3.63, 3.8) is 0 Å². The number of hydrogen-bond donors (Lipinski definition) is 3. The van der Waals surface area contributed by atoms with E-state index < -0.39 is 36.0 Å². The van der Waals surface area contributed by atoms with E-state index >= 15 is 0 Å². The van der Waals surface area contributed by atoms with Crippen LogP contribution in [-0.2, 0) is 18.0 Å². The van der Waals surface area contributed by atoms with Crippen LogP contribution in [0, 0.1) is 0 Å². The van der Waals surface area contributed by atoms with Crippen LogP contribution in [0.3, 0.4) is 0 Å². The first kappa shape index (κ1) is 12.5. The Bertz CT molecular complexity index is 519. The number of allylic oxidation sites excluding steroid dienone is 3. The number of phosphoric ester groups is 1. The largest absolute Gasteiger partial charge is 0.481 e. The van der Waals surface area contributed by atoms with E-state index in [0.717, 1.165) is 0 Å². The molecule has 0 aliphatic rings. The van der Waals surface area contributed by atoms with Crippen LogP contribution in [0.1, 0.15) is 39.0 Å². The van der Waals surface area contributed by atoms with Crippen molar-refractivity contribution in [1.29, 1.82) is 0 Å². The standard InChI is InChI=1S/C10H20O7P2/c1-9(2)5-4-6-10(3)7-8-16-19(14,15)17-18(11,12)13/h5,7H,4,6,8H2,1-3H3,(H,14,15)(H2,11,12,13)/b10-7+/i1D2,2D2. The minimum absolute atomic E-state index is 0.0592. The Morgan fingerprint density at radius 3 is 2.42 bits per heavy atom. The van der Waals surface area contributed by atoms with Gasteiger partial charge in [-0.15, -0.1) is 0 Å². The first-order valence-electron chi connectivity index (χ1n) is 7.44. The second-order valence-corrected chi connectivity index (χ2v) is 6.46. The molecule has 0 aromatic heterocycles. The molecule has 0 heterocycles. The highest BCUT2D eigenvalue weighted by Crippen LogP contribution is 2.57. The normalized spacial score (nSPS) is 19.4. The molecule has 9 heteroatoms. The molecule has 112 valence electrons. The summed E-state index contributed by atoms with van der Waals surface area (Å²) in [6, 6.07) is 0. The quantitative estimate of drug-likeness (QED) is 0.466. The van der Waals surface area contributed by atoms with Gasteiger partial charge in [0.05, 0.1) is 6.61 Å². The molecule has 0 fully saturated rings. The van der Waals surface area contributed by atoms with Crippen LogP contribution in [0.15, 0.2) is 23.3 Å². The Hall–Kier alpha value is -0.260. The van der Waals surface area contributed by atoms with Crippen LogP contribution >= 0.6 is 15.6 Å². The molecule has 1 unspecified atom stereocenters. The minimum Gasteiger partial charge on any atom is -0.302 e. The Labute approximate surface area is 118 Å². The van der Waals surface area contributed by atoms with E-state index in [0.29, 0.717) is 18.4 Å². The second kappa shape index (κ2) is 8.12. The van der Waals surface area contributed by atoms with Gasteiger partial charge in [-0.1, -0.05) is 23.3 Å². The van der Waals surface area contributed by atoms with Crippen molar-refractivity contribution in [2.75, 3.05) is 6.61 Å². The van der Waals surface area contributed by atoms with Gasteiger partial charge in [-0.05, 0) is 33.5 Å². The fraction of sp³-hybridized carbons (Fsp3) is 0.600. The van der Waals surface area contributed by atoms with Gasteiger partial charge in [-0.2, -0.15) is 4.31 Å². The summed E-state index contributed by atoms with van der Waals surface area (Å²) in [6.45, 7) is -1.50. The molecule has 0 saturated heterocycles. The molecule has 0 saturated carbocycles. The Morgan fingerprint density at radius 1 is 1.26 bits per heavy atom. The van der Waals surface area contributed by atoms with Gasteiger partial charge in [0.2, 0.25) is 0 Å². The molecule has 0 rings (SSSR count). The van der Waals surface area contributed by atoms with Crippen LogP contribution < -0.4 is 0 Å². The lowest BCUT2D eigenvalue weighted by atomic mass is 10.1. The zero-order valence-electron chi connectivity index (χ0n) is 14.3. The van der Waals surface area contributed by atoms with E-state index in [1.807, 2.05) is 0 Å². The van der Waals surface area contributed by atoms with E-state index in [1.165, 1.54) is 12.2 Å². The Balaban J connectivity index is 4.41. The predicted molar refractivity (Wildman–Crippen MR) is 71.3 cm³/mol. The maximum absolute atomic E-state index is 11.2. The van der Waals surface area contributed by atoms with E-state index in [4.69, 9.17) is 20.2 Å². The fourth-order valence-corrected chi connectivity index (χ4v) is 2.53. The van der Waals surface area contributed by atoms with Crippen LogP contribution in [0.2, 0.25) is 0 Å². The van der Waals surface area contributed by atoms with Gasteiger partial charge in [-0.25, -0.2) is 9.13 Å². The minimum atomic E-state index is -5.14. The van der Waals surface area contributed by atoms with Gasteiger partial charge in [0.1, 0.15) is 0 Å². The monoisotopic (exact) mass is 318 g/mol. The van der Waals surface area contributed by atoms with Crippen molar-refractivity contribution in [3.05, 3.63) is 23.3 Å². The highest BCUT2D eigenvalue weighted by atomic mass is 31.3. The first-order chi connectivity index (χ1) is 10.3. The van der Waals surface area contributed by atoms with E-state index in [2.05, 4.69) is 8.83 Å². The van der Waals surface area contributed by atoms with Crippen molar-refractivity contribution < 1.29 is 38.1 Å². The summed E-state index contributed by atoms with van der Waals surface area (Å²) in [5, 5.41) is 0. The molecule has 7 nitrogen and oxygen atoms in total. The summed E-state index contributed by atoms with van der Waals surface area (Å²) in [7, 11) is -9.99. The number of hydrogen-bond acceptors (Lipinski definition) is 4. The highest BCUT2D eigenvalue weighted by molar-refractivity contribution is 7.60. The molecule has 0 spiro atoms. The highest BCUT2D eigenvalue weighted by Gasteiger charge is 2.31. The van der Waals surface area contributed by atoms with E-state index in [-0.39, 0.29) is 5.57 Å². The topological polar surface area (TPSA) is 113 Å². The average molecular weight is 318 g/mol. The summed E-state index contributed by atoms with van der Waals surface area (Å²) in [4.78, 5) is 25.9. The predicted octanol–water partition coefficient (Wildman–Crippen LogP) is 2.91. The molecule has 0 aliphatic heterocycles. The lowest BCUT2D eigenvalue weighted by molar-refractivity contribution is 0.191. The smallest absolute Gasteiger partial charge is 0.302 e. The Morgan fingerprint density at radius 2 is 1.89 bits per heavy atom. The zero-order valence-corrected chi connectivity index (χ0v) is 12.1. The molecule has 0 aromatic rings. The van der Waals surface area contributed by atoms with E-state index in [9.17, 15) is 9.13 Å². The molecule has 0 radical (unpaired) electrons. The summed E-state index contributed by atoms with van der Waals surface area (Å²) in [5.41, 5.74) is 0.763. The van der Waals surface area contributed by atoms with Crippen molar-refractivity contribution >= 4 is 15.6 Å². The summed E-state index contributed by atoms with van der Waals surface area (Å²) in [6.07, 6.45) is 3.66. The Kier molecular flexibility index (Phi) is 5.33. The van der Waals surface area contributed by atoms with Crippen LogP contribution in [-0.4, -0.2) is 21.3 Å². The lowest BCUT2D eigenvalue weighted by Gasteiger charge is -2.11. The molecular weight excluding hydrogens is 294 g/mol. The number of phosphoric acid groups is 2. The third-order valence-corrected chi connectivity index (χ3v) is 3.95. The third-order valence-electron chi connectivity index (χ3n) is 1.80. The van der Waals surface area contributed by atoms with Crippen LogP contribution in [0.5, 0.6) is 0 Å². The van der Waals surface area contributed by atoms with E-state index in [1.54, 1.807) is 6.92 Å². The average Bonchev–Trinajstić information content (AvgIpc) is 2.30. The van der Waals surface area contributed by atoms with Gasteiger partial charge in [-0.3, -0.25) is 4.52 Å². The molecular formula is C10H20O7P2. The molecule has 0 aromatic carbocycles. The number of rotatable bonds is 8. The van der Waals surface area contributed by atoms with Gasteiger partial charge < -0.3 is 14.7 Å². The van der Waals surface area contributed by atoms with Gasteiger partial charge in [0.25, 0.3) is 0 Å². The maximum atomic E-state index is 11.2. The molecule has 19 heavy (non-hydrogen) atoms. The van der Waals surface area contributed by atoms with Crippen molar-refractivity contribution in [2.24, 2.45) is 0 Å². The van der Waals surface area contributed by atoms with Crippen molar-refractivity contribution in [3.8, 4) is 0 Å². The van der Waals surface area contributed by atoms with Crippen molar-refractivity contribution in [1.82, 2.24) is 0 Å². The second-order valence-electron chi connectivity index (χ2n) is 3.63. The zero-order chi connectivity index (χ0) is 18.3. The summed E-state index contributed by atoms with van der Waals surface area (Å²) >= 11 is 0. The molecule has 3 N–H and O–H groups in total. The fourth-order valence-electron chi connectivity index (χ4n) is 1.00. The lowest BCUT2D eigenvalue weighted by Crippen LogP contribution is -1.94. The third kappa shape index (κ3) is 12.5. The SMILES string of the molecule is [2H]C([2H])C(=CCC/C(C)=C/COP(=O)(O)OP(=O)(O)O)C([2H])[2H]. The first-order valence-corrected chi connectivity index (χ1v) is 8.15. The summed E-state index contributed by atoms with van der Waals surface area (Å²) in [5.74, 6) is 0. The van der Waals surface area contributed by atoms with Crippen molar-refractivity contribution in [2.45, 2.75) is 33.5 Å². The van der Waals surface area contributed by atoms with Gasteiger partial charge in [0, 0.05) is 5.48 Å². The van der Waals surface area contributed by atoms with Crippen LogP contribution in [0.25, 0.3) is 0 Å². The van der Waals surface area contributed by atoms with Gasteiger partial charge >= 0.3 is 15.6 Å². The maximum Gasteiger partial charge on any atom is 0.481 e. The molecule has 0 aliphatic carbocycles. The molecule has 0 bridgehead atoms. The molecule has 0 amide bonds. The molecule has 1 atom stereocenters. The van der Waals surface area contributed by atoms with Crippen LogP contribution in [0.4, 0.5) is 0 Å².